The van der Waals surface area contributed by atoms with Gasteiger partial charge in [-0.05, 0) is 43.4 Å². The van der Waals surface area contributed by atoms with Gasteiger partial charge in [0.25, 0.3) is 0 Å². The van der Waals surface area contributed by atoms with E-state index in [1.165, 1.54) is 6.07 Å². The SMILES string of the molecule is C[C@H](C(=O)Nc1ccc(Cl)cc1Cl)N1C(=O)[C@@H]2[C@H](C1=O)[C@H]1C=C[C@H]2C1. The summed E-state index contributed by atoms with van der Waals surface area (Å²) in [6.45, 7) is 1.56. The van der Waals surface area contributed by atoms with Gasteiger partial charge in [-0.1, -0.05) is 35.4 Å². The first-order valence-corrected chi connectivity index (χ1v) is 8.95. The number of rotatable bonds is 3. The lowest BCUT2D eigenvalue weighted by atomic mass is 9.85. The zero-order valence-electron chi connectivity index (χ0n) is 13.4. The number of carbonyl (C=O) groups excluding carboxylic acids is 3. The zero-order valence-corrected chi connectivity index (χ0v) is 14.9. The molecule has 5 nitrogen and oxygen atoms in total. The Balaban J connectivity index is 1.53. The molecule has 3 amide bonds. The average Bonchev–Trinajstić information content (AvgIpc) is 3.23. The Bertz CT molecular complexity index is 793. The molecular formula is C18H16Cl2N2O3. The molecule has 0 aromatic heterocycles. The normalized spacial score (nSPS) is 30.8. The largest absolute Gasteiger partial charge is 0.323 e. The smallest absolute Gasteiger partial charge is 0.247 e. The quantitative estimate of drug-likeness (QED) is 0.648. The molecule has 4 rings (SSSR count). The number of amides is 3. The number of hydrogen-bond acceptors (Lipinski definition) is 3. The number of nitrogens with zero attached hydrogens (tertiary/aromatic N) is 1. The molecule has 25 heavy (non-hydrogen) atoms. The van der Waals surface area contributed by atoms with Crippen molar-refractivity contribution in [2.75, 3.05) is 5.32 Å². The third-order valence-corrected chi connectivity index (χ3v) is 6.01. The van der Waals surface area contributed by atoms with E-state index in [4.69, 9.17) is 23.2 Å². The highest BCUT2D eigenvalue weighted by Crippen LogP contribution is 2.52. The molecule has 0 spiro atoms. The number of allylic oxidation sites excluding steroid dienone is 2. The molecule has 1 saturated carbocycles. The van der Waals surface area contributed by atoms with Gasteiger partial charge in [0.05, 0.1) is 22.5 Å². The van der Waals surface area contributed by atoms with Crippen LogP contribution in [0.4, 0.5) is 5.69 Å². The van der Waals surface area contributed by atoms with E-state index in [1.54, 1.807) is 19.1 Å². The molecule has 1 aromatic carbocycles. The maximum Gasteiger partial charge on any atom is 0.247 e. The van der Waals surface area contributed by atoms with E-state index in [2.05, 4.69) is 5.32 Å². The van der Waals surface area contributed by atoms with Crippen LogP contribution in [0.2, 0.25) is 10.0 Å². The molecular weight excluding hydrogens is 363 g/mol. The molecule has 130 valence electrons. The van der Waals surface area contributed by atoms with Crippen molar-refractivity contribution in [3.63, 3.8) is 0 Å². The number of likely N-dealkylation sites (tertiary alicyclic amines) is 1. The van der Waals surface area contributed by atoms with Crippen LogP contribution in [-0.2, 0) is 14.4 Å². The van der Waals surface area contributed by atoms with E-state index < -0.39 is 11.9 Å². The molecule has 1 saturated heterocycles. The Morgan fingerprint density at radius 3 is 2.32 bits per heavy atom. The summed E-state index contributed by atoms with van der Waals surface area (Å²) in [6.07, 6.45) is 4.92. The molecule has 2 bridgehead atoms. The number of carbonyl (C=O) groups is 3. The van der Waals surface area contributed by atoms with E-state index in [-0.39, 0.29) is 35.5 Å². The second-order valence-electron chi connectivity index (χ2n) is 6.84. The van der Waals surface area contributed by atoms with Crippen LogP contribution in [0.5, 0.6) is 0 Å². The topological polar surface area (TPSA) is 66.5 Å². The van der Waals surface area contributed by atoms with E-state index in [0.717, 1.165) is 11.3 Å². The Hall–Kier alpha value is -1.85. The number of anilines is 1. The second-order valence-corrected chi connectivity index (χ2v) is 7.68. The molecule has 2 fully saturated rings. The lowest BCUT2D eigenvalue weighted by Crippen LogP contribution is -2.46. The first-order valence-electron chi connectivity index (χ1n) is 8.19. The van der Waals surface area contributed by atoms with Crippen LogP contribution in [0.15, 0.2) is 30.4 Å². The lowest BCUT2D eigenvalue weighted by Gasteiger charge is -2.24. The van der Waals surface area contributed by atoms with Gasteiger partial charge in [-0.25, -0.2) is 0 Å². The standard InChI is InChI=1S/C18H16Cl2N2O3/c1-8(16(23)21-13-5-4-11(19)7-12(13)20)22-17(24)14-9-2-3-10(6-9)15(14)18(22)25/h2-5,7-10,14-15H,6H2,1H3,(H,21,23)/t8-,9+,10+,14-,15+/m1/s1. The number of benzene rings is 1. The predicted octanol–water partition coefficient (Wildman–Crippen LogP) is 3.13. The average molecular weight is 379 g/mol. The van der Waals surface area contributed by atoms with Crippen molar-refractivity contribution in [1.29, 1.82) is 0 Å². The number of halogens is 2. The molecule has 1 heterocycles. The third kappa shape index (κ3) is 2.49. The number of nitrogens with one attached hydrogen (secondary N) is 1. The number of imide groups is 1. The maximum absolute atomic E-state index is 12.7. The van der Waals surface area contributed by atoms with Gasteiger partial charge in [-0.2, -0.15) is 0 Å². The highest BCUT2D eigenvalue weighted by atomic mass is 35.5. The fourth-order valence-corrected chi connectivity index (χ4v) is 4.71. The van der Waals surface area contributed by atoms with Crippen LogP contribution < -0.4 is 5.32 Å². The van der Waals surface area contributed by atoms with Crippen LogP contribution in [-0.4, -0.2) is 28.7 Å². The van der Waals surface area contributed by atoms with E-state index in [9.17, 15) is 14.4 Å². The molecule has 1 aliphatic heterocycles. The predicted molar refractivity (Wildman–Crippen MR) is 94.1 cm³/mol. The molecule has 7 heteroatoms. The fourth-order valence-electron chi connectivity index (χ4n) is 4.25. The number of fused-ring (bicyclic) bond motifs is 5. The lowest BCUT2D eigenvalue weighted by molar-refractivity contribution is -0.146. The van der Waals surface area contributed by atoms with Gasteiger partial charge in [0.1, 0.15) is 6.04 Å². The molecule has 0 unspecified atom stereocenters. The van der Waals surface area contributed by atoms with Crippen molar-refractivity contribution in [2.45, 2.75) is 19.4 Å². The summed E-state index contributed by atoms with van der Waals surface area (Å²) < 4.78 is 0. The van der Waals surface area contributed by atoms with Crippen LogP contribution in [0.25, 0.3) is 0 Å². The highest BCUT2D eigenvalue weighted by Gasteiger charge is 2.60. The number of hydrogen-bond donors (Lipinski definition) is 1. The van der Waals surface area contributed by atoms with Gasteiger partial charge in [-0.3, -0.25) is 19.3 Å². The van der Waals surface area contributed by atoms with Gasteiger partial charge in [0.15, 0.2) is 0 Å². The summed E-state index contributed by atoms with van der Waals surface area (Å²) in [7, 11) is 0. The van der Waals surface area contributed by atoms with Crippen molar-refractivity contribution < 1.29 is 14.4 Å². The Morgan fingerprint density at radius 2 is 1.76 bits per heavy atom. The van der Waals surface area contributed by atoms with Gasteiger partial charge in [-0.15, -0.1) is 0 Å². The summed E-state index contributed by atoms with van der Waals surface area (Å²) in [4.78, 5) is 39.2. The van der Waals surface area contributed by atoms with E-state index in [0.29, 0.717) is 15.7 Å². The first kappa shape index (κ1) is 16.6. The van der Waals surface area contributed by atoms with Crippen molar-refractivity contribution in [3.05, 3.63) is 40.4 Å². The molecule has 3 aliphatic rings. The summed E-state index contributed by atoms with van der Waals surface area (Å²) in [5.74, 6) is -1.30. The maximum atomic E-state index is 12.7. The van der Waals surface area contributed by atoms with E-state index >= 15 is 0 Å². The summed E-state index contributed by atoms with van der Waals surface area (Å²) >= 11 is 11.9. The molecule has 5 atom stereocenters. The second kappa shape index (κ2) is 5.85. The van der Waals surface area contributed by atoms with Crippen LogP contribution in [0, 0.1) is 23.7 Å². The fraction of sp³-hybridized carbons (Fsp3) is 0.389. The van der Waals surface area contributed by atoms with Crippen molar-refractivity contribution in [3.8, 4) is 0 Å². The minimum Gasteiger partial charge on any atom is -0.323 e. The van der Waals surface area contributed by atoms with Gasteiger partial charge in [0, 0.05) is 5.02 Å². The minimum atomic E-state index is -0.892. The summed E-state index contributed by atoms with van der Waals surface area (Å²) in [6, 6.07) is 3.82. The highest BCUT2D eigenvalue weighted by molar-refractivity contribution is 6.36. The monoisotopic (exact) mass is 378 g/mol. The van der Waals surface area contributed by atoms with Crippen molar-refractivity contribution >= 4 is 46.6 Å². The van der Waals surface area contributed by atoms with Crippen LogP contribution in [0.1, 0.15) is 13.3 Å². The molecule has 1 N–H and O–H groups in total. The third-order valence-electron chi connectivity index (χ3n) is 5.46. The van der Waals surface area contributed by atoms with Crippen LogP contribution >= 0.6 is 23.2 Å². The molecule has 0 radical (unpaired) electrons. The summed E-state index contributed by atoms with van der Waals surface area (Å²) in [5.41, 5.74) is 0.393. The first-order chi connectivity index (χ1) is 11.9. The van der Waals surface area contributed by atoms with E-state index in [1.807, 2.05) is 12.2 Å². The Morgan fingerprint density at radius 1 is 1.16 bits per heavy atom. The van der Waals surface area contributed by atoms with Crippen LogP contribution in [0.3, 0.4) is 0 Å². The van der Waals surface area contributed by atoms with Crippen molar-refractivity contribution in [1.82, 2.24) is 4.90 Å². The van der Waals surface area contributed by atoms with Gasteiger partial charge in [0.2, 0.25) is 17.7 Å². The summed E-state index contributed by atoms with van der Waals surface area (Å²) in [5, 5.41) is 3.42. The van der Waals surface area contributed by atoms with Gasteiger partial charge >= 0.3 is 0 Å². The Labute approximate surface area is 155 Å². The minimum absolute atomic E-state index is 0.123. The molecule has 1 aromatic rings. The van der Waals surface area contributed by atoms with Crippen molar-refractivity contribution in [2.24, 2.45) is 23.7 Å². The Kier molecular flexibility index (Phi) is 3.89. The zero-order chi connectivity index (χ0) is 17.9. The molecule has 2 aliphatic carbocycles. The van der Waals surface area contributed by atoms with Gasteiger partial charge < -0.3 is 5.32 Å².